The molecule has 4 N–H and O–H groups in total. The fourth-order valence-electron chi connectivity index (χ4n) is 3.18. The number of nitrogens with two attached hydrogens (primary N) is 1. The van der Waals surface area contributed by atoms with E-state index in [0.717, 1.165) is 48.6 Å². The summed E-state index contributed by atoms with van der Waals surface area (Å²) < 4.78 is 0. The molecule has 0 atom stereocenters. The Labute approximate surface area is 135 Å². The van der Waals surface area contributed by atoms with Gasteiger partial charge < -0.3 is 21.1 Å². The molecular weight excluding hydrogens is 290 g/mol. The average Bonchev–Trinajstić information content (AvgIpc) is 2.55. The number of carbonyl (C=O) groups is 1. The Morgan fingerprint density at radius 1 is 1.13 bits per heavy atom. The number of primary amides is 1. The van der Waals surface area contributed by atoms with E-state index in [4.69, 9.17) is 5.73 Å². The van der Waals surface area contributed by atoms with Crippen molar-refractivity contribution in [3.8, 4) is 16.9 Å². The maximum atomic E-state index is 11.7. The van der Waals surface area contributed by atoms with E-state index in [0.29, 0.717) is 5.56 Å². The molecule has 0 saturated carbocycles. The minimum absolute atomic E-state index is 0.232. The molecule has 0 unspecified atom stereocenters. The quantitative estimate of drug-likeness (QED) is 0.808. The minimum atomic E-state index is -0.428. The number of aromatic hydroxyl groups is 1. The molecule has 5 heteroatoms. The Morgan fingerprint density at radius 2 is 1.83 bits per heavy atom. The third kappa shape index (κ3) is 2.87. The average molecular weight is 311 g/mol. The molecule has 0 aliphatic carbocycles. The van der Waals surface area contributed by atoms with Crippen LogP contribution in [0.3, 0.4) is 0 Å². The second kappa shape index (κ2) is 6.30. The minimum Gasteiger partial charge on any atom is -0.507 e. The number of para-hydroxylation sites is 1. The highest BCUT2D eigenvalue weighted by atomic mass is 16.3. The number of amides is 1. The zero-order chi connectivity index (χ0) is 16.4. The summed E-state index contributed by atoms with van der Waals surface area (Å²) in [5, 5.41) is 13.6. The molecular formula is C18H21N3O2. The molecule has 3 rings (SSSR count). The molecule has 2 aromatic carbocycles. The molecule has 120 valence electrons. The Bertz CT molecular complexity index is 737. The Balaban J connectivity index is 2.21. The van der Waals surface area contributed by atoms with Crippen molar-refractivity contribution < 1.29 is 9.90 Å². The van der Waals surface area contributed by atoms with Crippen molar-refractivity contribution in [3.05, 3.63) is 47.5 Å². The number of hydrogen-bond acceptors (Lipinski definition) is 4. The van der Waals surface area contributed by atoms with Gasteiger partial charge in [-0.2, -0.15) is 0 Å². The second-order valence-corrected chi connectivity index (χ2v) is 5.75. The first-order valence-electron chi connectivity index (χ1n) is 7.77. The summed E-state index contributed by atoms with van der Waals surface area (Å²) in [7, 11) is 0. The fourth-order valence-corrected chi connectivity index (χ4v) is 3.18. The topological polar surface area (TPSA) is 78.6 Å². The van der Waals surface area contributed by atoms with Crippen molar-refractivity contribution in [3.63, 3.8) is 0 Å². The molecule has 1 amide bonds. The molecule has 2 aromatic rings. The summed E-state index contributed by atoms with van der Waals surface area (Å²) in [6, 6.07) is 10.9. The monoisotopic (exact) mass is 311 g/mol. The summed E-state index contributed by atoms with van der Waals surface area (Å²) >= 11 is 0. The van der Waals surface area contributed by atoms with E-state index in [1.165, 1.54) is 0 Å². The van der Waals surface area contributed by atoms with Crippen molar-refractivity contribution in [2.45, 2.75) is 6.92 Å². The number of nitrogens with one attached hydrogen (secondary N) is 1. The first-order chi connectivity index (χ1) is 11.1. The molecule has 0 spiro atoms. The molecule has 0 radical (unpaired) electrons. The van der Waals surface area contributed by atoms with Crippen molar-refractivity contribution in [2.75, 3.05) is 31.1 Å². The number of nitrogens with zero attached hydrogens (tertiary/aromatic N) is 1. The fraction of sp³-hybridized carbons (Fsp3) is 0.278. The third-order valence-electron chi connectivity index (χ3n) is 4.32. The lowest BCUT2D eigenvalue weighted by atomic mass is 9.94. The van der Waals surface area contributed by atoms with Crippen LogP contribution in [0.15, 0.2) is 36.4 Å². The molecule has 1 saturated heterocycles. The standard InChI is InChI=1S/C18H21N3O2/c1-12-13(18(19)23)6-7-15(14-4-2-3-5-16(14)22)17(12)21-10-8-20-9-11-21/h2-7,20,22H,8-11H2,1H3,(H2,19,23). The molecule has 1 aliphatic rings. The van der Waals surface area contributed by atoms with Gasteiger partial charge in [-0.1, -0.05) is 24.3 Å². The lowest BCUT2D eigenvalue weighted by molar-refractivity contribution is 0.1000. The van der Waals surface area contributed by atoms with Crippen molar-refractivity contribution in [1.82, 2.24) is 5.32 Å². The zero-order valence-electron chi connectivity index (χ0n) is 13.2. The smallest absolute Gasteiger partial charge is 0.249 e. The lowest BCUT2D eigenvalue weighted by Crippen LogP contribution is -2.44. The molecule has 0 aromatic heterocycles. The van der Waals surface area contributed by atoms with Gasteiger partial charge in [0.2, 0.25) is 5.91 Å². The molecule has 1 heterocycles. The highest BCUT2D eigenvalue weighted by Crippen LogP contribution is 2.39. The maximum absolute atomic E-state index is 11.7. The van der Waals surface area contributed by atoms with Crippen LogP contribution in [0, 0.1) is 6.92 Å². The number of benzene rings is 2. The first kappa shape index (κ1) is 15.4. The van der Waals surface area contributed by atoms with Crippen LogP contribution in [-0.4, -0.2) is 37.2 Å². The number of piperazine rings is 1. The number of rotatable bonds is 3. The van der Waals surface area contributed by atoms with Crippen LogP contribution in [0.5, 0.6) is 5.75 Å². The molecule has 23 heavy (non-hydrogen) atoms. The Kier molecular flexibility index (Phi) is 4.21. The third-order valence-corrected chi connectivity index (χ3v) is 4.32. The SMILES string of the molecule is Cc1c(C(N)=O)ccc(-c2ccccc2O)c1N1CCNCC1. The van der Waals surface area contributed by atoms with Crippen molar-refractivity contribution in [1.29, 1.82) is 0 Å². The van der Waals surface area contributed by atoms with Crippen LogP contribution in [0.4, 0.5) is 5.69 Å². The van der Waals surface area contributed by atoms with Crippen LogP contribution < -0.4 is 16.0 Å². The highest BCUT2D eigenvalue weighted by molar-refractivity contribution is 5.98. The highest BCUT2D eigenvalue weighted by Gasteiger charge is 2.22. The number of anilines is 1. The second-order valence-electron chi connectivity index (χ2n) is 5.75. The van der Waals surface area contributed by atoms with Gasteiger partial charge in [-0.15, -0.1) is 0 Å². The van der Waals surface area contributed by atoms with Gasteiger partial charge in [-0.3, -0.25) is 4.79 Å². The largest absolute Gasteiger partial charge is 0.507 e. The van der Waals surface area contributed by atoms with Gasteiger partial charge in [0, 0.05) is 48.6 Å². The van der Waals surface area contributed by atoms with Gasteiger partial charge in [-0.05, 0) is 24.6 Å². The normalized spacial score (nSPS) is 14.7. The van der Waals surface area contributed by atoms with Gasteiger partial charge in [0.05, 0.1) is 0 Å². The lowest BCUT2D eigenvalue weighted by Gasteiger charge is -2.33. The van der Waals surface area contributed by atoms with Crippen LogP contribution in [0.2, 0.25) is 0 Å². The summed E-state index contributed by atoms with van der Waals surface area (Å²) in [4.78, 5) is 14.0. The van der Waals surface area contributed by atoms with Crippen LogP contribution in [-0.2, 0) is 0 Å². The van der Waals surface area contributed by atoms with Crippen molar-refractivity contribution in [2.24, 2.45) is 5.73 Å². The molecule has 1 aliphatic heterocycles. The summed E-state index contributed by atoms with van der Waals surface area (Å²) in [6.45, 7) is 5.40. The number of phenols is 1. The van der Waals surface area contributed by atoms with Gasteiger partial charge in [0.25, 0.3) is 0 Å². The van der Waals surface area contributed by atoms with Gasteiger partial charge in [-0.25, -0.2) is 0 Å². The number of phenolic OH excluding ortho intramolecular Hbond substituents is 1. The van der Waals surface area contributed by atoms with Crippen LogP contribution in [0.1, 0.15) is 15.9 Å². The van der Waals surface area contributed by atoms with Gasteiger partial charge in [0.15, 0.2) is 0 Å². The summed E-state index contributed by atoms with van der Waals surface area (Å²) in [6.07, 6.45) is 0. The number of carbonyl (C=O) groups excluding carboxylic acids is 1. The van der Waals surface area contributed by atoms with Crippen LogP contribution in [0.25, 0.3) is 11.1 Å². The van der Waals surface area contributed by atoms with E-state index in [-0.39, 0.29) is 5.75 Å². The Morgan fingerprint density at radius 3 is 2.48 bits per heavy atom. The predicted octanol–water partition coefficient (Wildman–Crippen LogP) is 1.88. The van der Waals surface area contributed by atoms with E-state index in [1.807, 2.05) is 25.1 Å². The van der Waals surface area contributed by atoms with E-state index in [1.54, 1.807) is 18.2 Å². The van der Waals surface area contributed by atoms with E-state index >= 15 is 0 Å². The Hall–Kier alpha value is -2.53. The first-order valence-corrected chi connectivity index (χ1v) is 7.77. The summed E-state index contributed by atoms with van der Waals surface area (Å²) in [5.74, 6) is -0.196. The predicted molar refractivity (Wildman–Crippen MR) is 91.9 cm³/mol. The summed E-state index contributed by atoms with van der Waals surface area (Å²) in [5.41, 5.74) is 9.56. The molecule has 0 bridgehead atoms. The van der Waals surface area contributed by atoms with Gasteiger partial charge >= 0.3 is 0 Å². The van der Waals surface area contributed by atoms with Gasteiger partial charge in [0.1, 0.15) is 5.75 Å². The molecule has 5 nitrogen and oxygen atoms in total. The van der Waals surface area contributed by atoms with E-state index < -0.39 is 5.91 Å². The zero-order valence-corrected chi connectivity index (χ0v) is 13.2. The van der Waals surface area contributed by atoms with Crippen LogP contribution >= 0.6 is 0 Å². The van der Waals surface area contributed by atoms with E-state index in [2.05, 4.69) is 10.2 Å². The number of hydrogen-bond donors (Lipinski definition) is 3. The maximum Gasteiger partial charge on any atom is 0.249 e. The van der Waals surface area contributed by atoms with Crippen molar-refractivity contribution >= 4 is 11.6 Å². The molecule has 1 fully saturated rings. The van der Waals surface area contributed by atoms with E-state index in [9.17, 15) is 9.90 Å².